The Hall–Kier alpha value is -2.74. The Bertz CT molecular complexity index is 954. The molecular formula is C19H24N6O2. The lowest BCUT2D eigenvalue weighted by Crippen LogP contribution is -2.44. The Morgan fingerprint density at radius 1 is 1.48 bits per heavy atom. The van der Waals surface area contributed by atoms with E-state index in [-0.39, 0.29) is 11.9 Å². The van der Waals surface area contributed by atoms with E-state index in [2.05, 4.69) is 25.6 Å². The average Bonchev–Trinajstić information content (AvgIpc) is 3.23. The van der Waals surface area contributed by atoms with Crippen LogP contribution in [-0.4, -0.2) is 42.0 Å². The van der Waals surface area contributed by atoms with Gasteiger partial charge >= 0.3 is 0 Å². The second-order valence-electron chi connectivity index (χ2n) is 7.47. The highest BCUT2D eigenvalue weighted by Gasteiger charge is 2.30. The summed E-state index contributed by atoms with van der Waals surface area (Å²) < 4.78 is 1.77. The number of aliphatic hydroxyl groups is 1. The van der Waals surface area contributed by atoms with Gasteiger partial charge in [-0.15, -0.1) is 5.10 Å². The summed E-state index contributed by atoms with van der Waals surface area (Å²) in [6.07, 6.45) is 7.65. The van der Waals surface area contributed by atoms with Crippen LogP contribution in [0.4, 0.5) is 0 Å². The second-order valence-corrected chi connectivity index (χ2v) is 7.47. The number of nitrogens with zero attached hydrogens (tertiary/aromatic N) is 4. The van der Waals surface area contributed by atoms with Gasteiger partial charge in [-0.1, -0.05) is 5.21 Å². The number of aryl methyl sites for hydroxylation is 2. The monoisotopic (exact) mass is 368 g/mol. The molecule has 1 aliphatic carbocycles. The van der Waals surface area contributed by atoms with E-state index in [1.165, 1.54) is 0 Å². The molecule has 1 unspecified atom stereocenters. The molecule has 0 bridgehead atoms. The summed E-state index contributed by atoms with van der Waals surface area (Å²) in [5, 5.41) is 21.5. The minimum Gasteiger partial charge on any atom is -0.387 e. The van der Waals surface area contributed by atoms with E-state index >= 15 is 0 Å². The number of carbonyl (C=O) groups is 1. The normalized spacial score (nSPS) is 20.4. The summed E-state index contributed by atoms with van der Waals surface area (Å²) in [6.45, 7) is 4.45. The Kier molecular flexibility index (Phi) is 4.65. The van der Waals surface area contributed by atoms with Gasteiger partial charge in [0.05, 0.1) is 17.9 Å². The first kappa shape index (κ1) is 17.7. The molecule has 0 aromatic carbocycles. The number of carbonyl (C=O) groups excluding carboxylic acids is 1. The molecule has 1 saturated carbocycles. The largest absolute Gasteiger partial charge is 0.387 e. The molecule has 1 amide bonds. The van der Waals surface area contributed by atoms with Crippen molar-refractivity contribution in [3.8, 4) is 0 Å². The van der Waals surface area contributed by atoms with E-state index in [9.17, 15) is 9.90 Å². The van der Waals surface area contributed by atoms with Crippen LogP contribution in [0.15, 0.2) is 24.7 Å². The topological polar surface area (TPSA) is 109 Å². The number of pyridine rings is 1. The van der Waals surface area contributed by atoms with Crippen LogP contribution in [0.3, 0.4) is 0 Å². The lowest BCUT2D eigenvalue weighted by atomic mass is 9.78. The Labute approximate surface area is 157 Å². The lowest BCUT2D eigenvalue weighted by Gasteiger charge is -2.35. The van der Waals surface area contributed by atoms with E-state index < -0.39 is 6.10 Å². The Balaban J connectivity index is 1.25. The Morgan fingerprint density at radius 2 is 2.30 bits per heavy atom. The highest BCUT2D eigenvalue weighted by molar-refractivity contribution is 5.97. The number of amides is 1. The van der Waals surface area contributed by atoms with Crippen LogP contribution >= 0.6 is 0 Å². The van der Waals surface area contributed by atoms with Gasteiger partial charge in [-0.3, -0.25) is 9.48 Å². The van der Waals surface area contributed by atoms with Crippen molar-refractivity contribution in [2.45, 2.75) is 51.8 Å². The number of rotatable bonds is 6. The summed E-state index contributed by atoms with van der Waals surface area (Å²) in [7, 11) is 0. The van der Waals surface area contributed by atoms with E-state index in [1.54, 1.807) is 24.0 Å². The smallest absolute Gasteiger partial charge is 0.253 e. The molecule has 8 heteroatoms. The maximum Gasteiger partial charge on any atom is 0.253 e. The van der Waals surface area contributed by atoms with Gasteiger partial charge in [0.15, 0.2) is 0 Å². The number of nitrogens with one attached hydrogen (secondary N) is 2. The highest BCUT2D eigenvalue weighted by Crippen LogP contribution is 2.31. The van der Waals surface area contributed by atoms with Crippen molar-refractivity contribution < 1.29 is 9.90 Å². The molecule has 0 aliphatic heterocycles. The van der Waals surface area contributed by atoms with Crippen LogP contribution in [-0.2, 0) is 6.54 Å². The molecule has 3 heterocycles. The van der Waals surface area contributed by atoms with Gasteiger partial charge in [-0.05, 0) is 50.7 Å². The van der Waals surface area contributed by atoms with E-state index in [0.29, 0.717) is 17.2 Å². The van der Waals surface area contributed by atoms with Gasteiger partial charge in [0.2, 0.25) is 0 Å². The fourth-order valence-electron chi connectivity index (χ4n) is 3.55. The maximum atomic E-state index is 12.5. The maximum absolute atomic E-state index is 12.5. The van der Waals surface area contributed by atoms with Crippen molar-refractivity contribution in [2.24, 2.45) is 5.92 Å². The quantitative estimate of drug-likeness (QED) is 0.617. The minimum atomic E-state index is -0.592. The molecule has 1 atom stereocenters. The number of hydrogen-bond donors (Lipinski definition) is 3. The molecule has 3 aromatic heterocycles. The molecule has 0 radical (unpaired) electrons. The lowest BCUT2D eigenvalue weighted by molar-refractivity contribution is 0.0883. The van der Waals surface area contributed by atoms with Crippen molar-refractivity contribution in [3.63, 3.8) is 0 Å². The predicted octanol–water partition coefficient (Wildman–Crippen LogP) is 2.11. The molecule has 1 fully saturated rings. The van der Waals surface area contributed by atoms with Crippen LogP contribution in [0.2, 0.25) is 0 Å². The van der Waals surface area contributed by atoms with Gasteiger partial charge in [0, 0.05) is 30.4 Å². The summed E-state index contributed by atoms with van der Waals surface area (Å²) >= 11 is 0. The van der Waals surface area contributed by atoms with Crippen LogP contribution in [0.1, 0.15) is 53.9 Å². The van der Waals surface area contributed by atoms with Crippen LogP contribution in [0.25, 0.3) is 11.0 Å². The first-order chi connectivity index (χ1) is 13.0. The van der Waals surface area contributed by atoms with Crippen LogP contribution in [0.5, 0.6) is 0 Å². The van der Waals surface area contributed by atoms with Gasteiger partial charge in [-0.25, -0.2) is 4.98 Å². The molecule has 0 saturated heterocycles. The molecule has 27 heavy (non-hydrogen) atoms. The SMILES string of the molecule is Cc1c[nH]c2ncc(C(=O)NC3CC(CCn4cc(C(C)O)nn4)C3)cc12. The van der Waals surface area contributed by atoms with Crippen molar-refractivity contribution in [1.29, 1.82) is 0 Å². The number of aromatic nitrogens is 5. The number of H-pyrrole nitrogens is 1. The fraction of sp³-hybridized carbons (Fsp3) is 0.474. The molecule has 3 aromatic rings. The summed E-state index contributed by atoms with van der Waals surface area (Å²) in [5.41, 5.74) is 3.08. The molecule has 142 valence electrons. The van der Waals surface area contributed by atoms with Gasteiger partial charge in [0.1, 0.15) is 11.3 Å². The van der Waals surface area contributed by atoms with Crippen molar-refractivity contribution in [2.75, 3.05) is 0 Å². The molecule has 3 N–H and O–H groups in total. The molecule has 8 nitrogen and oxygen atoms in total. The van der Waals surface area contributed by atoms with Gasteiger partial charge < -0.3 is 15.4 Å². The third-order valence-corrected chi connectivity index (χ3v) is 5.32. The van der Waals surface area contributed by atoms with Gasteiger partial charge in [0.25, 0.3) is 5.91 Å². The first-order valence-corrected chi connectivity index (χ1v) is 9.32. The first-order valence-electron chi connectivity index (χ1n) is 9.32. The van der Waals surface area contributed by atoms with Gasteiger partial charge in [-0.2, -0.15) is 0 Å². The minimum absolute atomic E-state index is 0.0636. The third kappa shape index (κ3) is 3.71. The summed E-state index contributed by atoms with van der Waals surface area (Å²) in [5.74, 6) is 0.508. The van der Waals surface area contributed by atoms with E-state index in [4.69, 9.17) is 0 Å². The van der Waals surface area contributed by atoms with Crippen molar-refractivity contribution in [3.05, 3.63) is 41.5 Å². The highest BCUT2D eigenvalue weighted by atomic mass is 16.3. The summed E-state index contributed by atoms with van der Waals surface area (Å²) in [6, 6.07) is 2.11. The Morgan fingerprint density at radius 3 is 3.04 bits per heavy atom. The van der Waals surface area contributed by atoms with Crippen LogP contribution < -0.4 is 5.32 Å². The average molecular weight is 368 g/mol. The standard InChI is InChI=1S/C19H24N6O2/c1-11-8-20-18-16(11)7-14(9-21-18)19(27)22-15-5-13(6-15)3-4-25-10-17(12(2)26)23-24-25/h7-10,12-13,15,26H,3-6H2,1-2H3,(H,20,21)(H,22,27). The van der Waals surface area contributed by atoms with Crippen molar-refractivity contribution in [1.82, 2.24) is 30.3 Å². The zero-order valence-corrected chi connectivity index (χ0v) is 15.5. The number of fused-ring (bicyclic) bond motifs is 1. The summed E-state index contributed by atoms with van der Waals surface area (Å²) in [4.78, 5) is 19.9. The number of hydrogen-bond acceptors (Lipinski definition) is 5. The predicted molar refractivity (Wildman–Crippen MR) is 100 cm³/mol. The van der Waals surface area contributed by atoms with E-state index in [0.717, 1.165) is 42.4 Å². The zero-order chi connectivity index (χ0) is 19.0. The number of aliphatic hydroxyl groups excluding tert-OH is 1. The van der Waals surface area contributed by atoms with Crippen molar-refractivity contribution >= 4 is 16.9 Å². The number of aromatic amines is 1. The zero-order valence-electron chi connectivity index (χ0n) is 15.5. The van der Waals surface area contributed by atoms with E-state index in [1.807, 2.05) is 19.2 Å². The molecule has 0 spiro atoms. The fourth-order valence-corrected chi connectivity index (χ4v) is 3.55. The van der Waals surface area contributed by atoms with Crippen LogP contribution in [0, 0.1) is 12.8 Å². The second kappa shape index (κ2) is 7.11. The molecular weight excluding hydrogens is 344 g/mol. The third-order valence-electron chi connectivity index (χ3n) is 5.32. The molecule has 1 aliphatic rings. The molecule has 4 rings (SSSR count).